The van der Waals surface area contributed by atoms with E-state index in [1.54, 1.807) is 18.3 Å². The van der Waals surface area contributed by atoms with Crippen LogP contribution in [0.15, 0.2) is 30.6 Å². The summed E-state index contributed by atoms with van der Waals surface area (Å²) in [6.07, 6.45) is -0.700. The van der Waals surface area contributed by atoms with Crippen LogP contribution in [0.1, 0.15) is 5.69 Å². The number of aryl methyl sites for hydroxylation is 1. The largest absolute Gasteiger partial charge is 0.475 e. The lowest BCUT2D eigenvalue weighted by Crippen LogP contribution is -2.50. The van der Waals surface area contributed by atoms with Gasteiger partial charge in [-0.05, 0) is 19.1 Å². The molecular weight excluding hydrogens is 335 g/mol. The van der Waals surface area contributed by atoms with Crippen LogP contribution in [0.4, 0.5) is 4.39 Å². The number of halogens is 1. The molecule has 0 radical (unpaired) electrons. The normalized spacial score (nSPS) is 27.0. The molecule has 3 heterocycles. The second-order valence-electron chi connectivity index (χ2n) is 5.56. The van der Waals surface area contributed by atoms with Crippen LogP contribution in [0.3, 0.4) is 0 Å². The lowest BCUT2D eigenvalue weighted by Gasteiger charge is -2.34. The summed E-state index contributed by atoms with van der Waals surface area (Å²) in [6, 6.07) is 4.67. The number of rotatable bonds is 3. The van der Waals surface area contributed by atoms with Gasteiger partial charge in [0, 0.05) is 29.3 Å². The van der Waals surface area contributed by atoms with Crippen molar-refractivity contribution in [3.63, 3.8) is 0 Å². The van der Waals surface area contributed by atoms with Crippen molar-refractivity contribution in [2.75, 3.05) is 5.75 Å². The zero-order valence-electron chi connectivity index (χ0n) is 12.8. The first-order valence-corrected chi connectivity index (χ1v) is 8.41. The van der Waals surface area contributed by atoms with E-state index in [0.717, 1.165) is 17.5 Å². The monoisotopic (exact) mass is 352 g/mol. The summed E-state index contributed by atoms with van der Waals surface area (Å²) in [5.74, 6) is -0.225. The van der Waals surface area contributed by atoms with Gasteiger partial charge in [0.2, 0.25) is 0 Å². The molecule has 2 aromatic heterocycles. The minimum atomic E-state index is -1.30. The highest BCUT2D eigenvalue weighted by Crippen LogP contribution is 2.30. The van der Waals surface area contributed by atoms with Gasteiger partial charge in [-0.3, -0.25) is 4.98 Å². The number of hydrogen-bond acceptors (Lipinski definition) is 7. The number of thioether (sulfide) groups is 1. The molecule has 0 bridgehead atoms. The van der Waals surface area contributed by atoms with Gasteiger partial charge in [-0.1, -0.05) is 0 Å². The third kappa shape index (κ3) is 3.51. The summed E-state index contributed by atoms with van der Waals surface area (Å²) >= 11 is 1.14. The van der Waals surface area contributed by atoms with E-state index < -0.39 is 29.6 Å². The van der Waals surface area contributed by atoms with E-state index in [1.807, 2.05) is 6.92 Å². The van der Waals surface area contributed by atoms with Crippen LogP contribution < -0.4 is 4.74 Å². The molecule has 1 aliphatic rings. The number of aliphatic hydroxyl groups is 3. The summed E-state index contributed by atoms with van der Waals surface area (Å²) in [6.45, 7) is 1.84. The maximum absolute atomic E-state index is 14.3. The Labute approximate surface area is 142 Å². The summed E-state index contributed by atoms with van der Waals surface area (Å²) in [7, 11) is 0. The Hall–Kier alpha value is -1.74. The van der Waals surface area contributed by atoms with Gasteiger partial charge >= 0.3 is 0 Å². The molecule has 6 nitrogen and oxygen atoms in total. The second kappa shape index (κ2) is 7.02. The van der Waals surface area contributed by atoms with Gasteiger partial charge in [-0.2, -0.15) is 0 Å². The topological polar surface area (TPSA) is 95.7 Å². The fraction of sp³-hybridized carbons (Fsp3) is 0.375. The molecule has 3 rings (SSSR count). The fourth-order valence-electron chi connectivity index (χ4n) is 2.32. The maximum Gasteiger partial charge on any atom is 0.173 e. The number of aliphatic hydroxyl groups excluding tert-OH is 3. The van der Waals surface area contributed by atoms with Crippen molar-refractivity contribution in [3.8, 4) is 17.0 Å². The highest BCUT2D eigenvalue weighted by atomic mass is 32.2. The van der Waals surface area contributed by atoms with E-state index in [0.29, 0.717) is 5.56 Å². The van der Waals surface area contributed by atoms with E-state index in [1.165, 1.54) is 12.3 Å². The summed E-state index contributed by atoms with van der Waals surface area (Å²) in [4.78, 5) is 8.17. The molecule has 8 heteroatoms. The molecule has 3 N–H and O–H groups in total. The molecule has 1 fully saturated rings. The fourth-order valence-corrected chi connectivity index (χ4v) is 3.44. The van der Waals surface area contributed by atoms with Crippen molar-refractivity contribution >= 4 is 11.8 Å². The standard InChI is InChI=1S/C16H17FN2O4S/c1-8-2-3-9(5-18-8)13-11(17)4-10(6-19-13)23-16-15(22)14(21)12(20)7-24-16/h2-6,12,14-16,20-22H,7H2,1H3/t12-,14+,15-,16-/m1/s1. The summed E-state index contributed by atoms with van der Waals surface area (Å²) < 4.78 is 19.8. The minimum absolute atomic E-state index is 0.136. The first kappa shape index (κ1) is 17.1. The molecule has 1 saturated heterocycles. The van der Waals surface area contributed by atoms with Crippen LogP contribution in [0.5, 0.6) is 5.75 Å². The number of aromatic nitrogens is 2. The van der Waals surface area contributed by atoms with Crippen molar-refractivity contribution < 1.29 is 24.4 Å². The van der Waals surface area contributed by atoms with Crippen LogP contribution in [0, 0.1) is 12.7 Å². The van der Waals surface area contributed by atoms with Gasteiger partial charge in [0.15, 0.2) is 11.3 Å². The van der Waals surface area contributed by atoms with E-state index in [4.69, 9.17) is 4.74 Å². The molecule has 0 saturated carbocycles. The molecule has 0 unspecified atom stereocenters. The average Bonchev–Trinajstić information content (AvgIpc) is 2.57. The molecule has 0 amide bonds. The third-order valence-corrected chi connectivity index (χ3v) is 4.94. The molecule has 4 atom stereocenters. The average molecular weight is 352 g/mol. The predicted octanol–water partition coefficient (Wildman–Crippen LogP) is 1.13. The maximum atomic E-state index is 14.3. The quantitative estimate of drug-likeness (QED) is 0.762. The molecule has 128 valence electrons. The zero-order chi connectivity index (χ0) is 17.3. The lowest BCUT2D eigenvalue weighted by atomic mass is 10.1. The SMILES string of the molecule is Cc1ccc(-c2ncc(O[C@@H]3SC[C@@H](O)[C@H](O)[C@H]3O)cc2F)cn1. The highest BCUT2D eigenvalue weighted by molar-refractivity contribution is 7.99. The first-order valence-electron chi connectivity index (χ1n) is 7.37. The van der Waals surface area contributed by atoms with Gasteiger partial charge in [0.05, 0.1) is 12.3 Å². The van der Waals surface area contributed by atoms with Crippen LogP contribution in [-0.4, -0.2) is 54.8 Å². The first-order chi connectivity index (χ1) is 11.5. The number of hydrogen-bond donors (Lipinski definition) is 3. The molecule has 0 aromatic carbocycles. The molecule has 0 aliphatic carbocycles. The molecule has 2 aromatic rings. The Balaban J connectivity index is 1.76. The molecular formula is C16H17FN2O4S. The van der Waals surface area contributed by atoms with Crippen LogP contribution in [0.2, 0.25) is 0 Å². The van der Waals surface area contributed by atoms with E-state index in [2.05, 4.69) is 9.97 Å². The second-order valence-corrected chi connectivity index (χ2v) is 6.69. The Kier molecular flexibility index (Phi) is 5.00. The van der Waals surface area contributed by atoms with Gasteiger partial charge < -0.3 is 20.1 Å². The zero-order valence-corrected chi connectivity index (χ0v) is 13.7. The molecule has 0 spiro atoms. The van der Waals surface area contributed by atoms with E-state index in [-0.39, 0.29) is 17.2 Å². The Morgan fingerprint density at radius 2 is 1.96 bits per heavy atom. The van der Waals surface area contributed by atoms with Gasteiger partial charge in [-0.25, -0.2) is 9.37 Å². The summed E-state index contributed by atoms with van der Waals surface area (Å²) in [5.41, 5.74) is 0.720. The number of nitrogens with zero attached hydrogens (tertiary/aromatic N) is 2. The van der Waals surface area contributed by atoms with Crippen molar-refractivity contribution in [1.82, 2.24) is 9.97 Å². The third-order valence-electron chi connectivity index (χ3n) is 3.71. The van der Waals surface area contributed by atoms with Crippen LogP contribution >= 0.6 is 11.8 Å². The molecule has 1 aliphatic heterocycles. The van der Waals surface area contributed by atoms with Gasteiger partial charge in [0.25, 0.3) is 0 Å². The van der Waals surface area contributed by atoms with Crippen molar-refractivity contribution in [1.29, 1.82) is 0 Å². The van der Waals surface area contributed by atoms with Crippen LogP contribution in [-0.2, 0) is 0 Å². The Morgan fingerprint density at radius 1 is 1.17 bits per heavy atom. The number of ether oxygens (including phenoxy) is 1. The van der Waals surface area contributed by atoms with Gasteiger partial charge in [-0.15, -0.1) is 11.8 Å². The van der Waals surface area contributed by atoms with Crippen molar-refractivity contribution in [2.24, 2.45) is 0 Å². The molecule has 24 heavy (non-hydrogen) atoms. The lowest BCUT2D eigenvalue weighted by molar-refractivity contribution is -0.0786. The minimum Gasteiger partial charge on any atom is -0.475 e. The Bertz CT molecular complexity index is 716. The predicted molar refractivity (Wildman–Crippen MR) is 87.1 cm³/mol. The highest BCUT2D eigenvalue weighted by Gasteiger charge is 2.38. The summed E-state index contributed by atoms with van der Waals surface area (Å²) in [5, 5.41) is 29.1. The smallest absolute Gasteiger partial charge is 0.173 e. The van der Waals surface area contributed by atoms with E-state index >= 15 is 0 Å². The van der Waals surface area contributed by atoms with Crippen molar-refractivity contribution in [3.05, 3.63) is 42.1 Å². The Morgan fingerprint density at radius 3 is 2.62 bits per heavy atom. The number of pyridine rings is 2. The van der Waals surface area contributed by atoms with Crippen LogP contribution in [0.25, 0.3) is 11.3 Å². The van der Waals surface area contributed by atoms with Gasteiger partial charge in [0.1, 0.15) is 23.7 Å². The van der Waals surface area contributed by atoms with E-state index in [9.17, 15) is 19.7 Å². The van der Waals surface area contributed by atoms with Crippen molar-refractivity contribution in [2.45, 2.75) is 30.7 Å².